The Morgan fingerprint density at radius 3 is 2.48 bits per heavy atom. The van der Waals surface area contributed by atoms with Crippen molar-refractivity contribution in [3.8, 4) is 0 Å². The molecule has 0 aliphatic heterocycles. The molecule has 0 aliphatic rings. The molecule has 2 aromatic rings. The summed E-state index contributed by atoms with van der Waals surface area (Å²) in [7, 11) is 0. The Hall–Kier alpha value is -1.21. The molecular weight excluding hydrogens is 381 g/mol. The molecule has 1 N–H and O–H groups in total. The summed E-state index contributed by atoms with van der Waals surface area (Å²) < 4.78 is -0.397. The van der Waals surface area contributed by atoms with Crippen molar-refractivity contribution in [3.63, 3.8) is 0 Å². The zero-order valence-electron chi connectivity index (χ0n) is 11.9. The standard InChI is InChI=1S/C14H12Cl3N3O2S/c1-23-13-18-10(21)7-8-20(13)12(14(15,16)17)19-11(22)9-5-3-2-4-6-9/h2-8,12H,1H3,(H,19,22). The third-order valence-electron chi connectivity index (χ3n) is 2.88. The molecule has 0 fully saturated rings. The molecule has 1 unspecified atom stereocenters. The van der Waals surface area contributed by atoms with Crippen LogP contribution in [-0.4, -0.2) is 25.5 Å². The molecule has 1 heterocycles. The number of thioether (sulfide) groups is 1. The highest BCUT2D eigenvalue weighted by Gasteiger charge is 2.36. The molecule has 1 aromatic heterocycles. The van der Waals surface area contributed by atoms with Gasteiger partial charge in [0.2, 0.25) is 3.79 Å². The number of amides is 1. The molecule has 0 aliphatic carbocycles. The molecule has 0 bridgehead atoms. The molecule has 9 heteroatoms. The van der Waals surface area contributed by atoms with Crippen molar-refractivity contribution in [1.82, 2.24) is 14.9 Å². The van der Waals surface area contributed by atoms with Gasteiger partial charge in [-0.3, -0.25) is 9.59 Å². The second-order valence-corrected chi connectivity index (χ2v) is 7.59. The number of benzene rings is 1. The Morgan fingerprint density at radius 2 is 1.91 bits per heavy atom. The number of rotatable bonds is 4. The number of nitrogens with zero attached hydrogens (tertiary/aromatic N) is 2. The van der Waals surface area contributed by atoms with Crippen LogP contribution < -0.4 is 10.9 Å². The summed E-state index contributed by atoms with van der Waals surface area (Å²) in [6.07, 6.45) is 2.13. The average Bonchev–Trinajstić information content (AvgIpc) is 2.52. The molecule has 2 rings (SSSR count). The topological polar surface area (TPSA) is 64.0 Å². The number of carbonyl (C=O) groups excluding carboxylic acids is 1. The molecule has 1 aromatic carbocycles. The van der Waals surface area contributed by atoms with E-state index in [0.29, 0.717) is 10.7 Å². The smallest absolute Gasteiger partial charge is 0.273 e. The Kier molecular flexibility index (Phi) is 5.97. The molecular formula is C14H12Cl3N3O2S. The van der Waals surface area contributed by atoms with E-state index in [1.54, 1.807) is 36.6 Å². The van der Waals surface area contributed by atoms with Crippen LogP contribution >= 0.6 is 46.6 Å². The highest BCUT2D eigenvalue weighted by Crippen LogP contribution is 2.38. The van der Waals surface area contributed by atoms with Gasteiger partial charge >= 0.3 is 0 Å². The van der Waals surface area contributed by atoms with Crippen LogP contribution in [0, 0.1) is 0 Å². The molecule has 0 saturated carbocycles. The maximum Gasteiger partial charge on any atom is 0.273 e. The maximum absolute atomic E-state index is 12.4. The molecule has 0 saturated heterocycles. The van der Waals surface area contributed by atoms with Crippen molar-refractivity contribution in [2.75, 3.05) is 6.26 Å². The van der Waals surface area contributed by atoms with Gasteiger partial charge in [0.25, 0.3) is 11.5 Å². The molecule has 0 spiro atoms. The van der Waals surface area contributed by atoms with E-state index in [2.05, 4.69) is 10.3 Å². The first-order valence-corrected chi connectivity index (χ1v) is 8.74. The van der Waals surface area contributed by atoms with Crippen molar-refractivity contribution >= 4 is 52.5 Å². The van der Waals surface area contributed by atoms with E-state index < -0.39 is 21.4 Å². The average molecular weight is 393 g/mol. The zero-order chi connectivity index (χ0) is 17.0. The van der Waals surface area contributed by atoms with E-state index in [1.807, 2.05) is 0 Å². The summed E-state index contributed by atoms with van der Waals surface area (Å²) in [5.74, 6) is -0.410. The predicted octanol–water partition coefficient (Wildman–Crippen LogP) is 3.26. The highest BCUT2D eigenvalue weighted by molar-refractivity contribution is 7.98. The van der Waals surface area contributed by atoms with Gasteiger partial charge in [0.15, 0.2) is 11.3 Å². The number of alkyl halides is 3. The SMILES string of the molecule is CSc1nc(=O)ccn1C(NC(=O)c1ccccc1)C(Cl)(Cl)Cl. The lowest BCUT2D eigenvalue weighted by Gasteiger charge is -2.29. The summed E-state index contributed by atoms with van der Waals surface area (Å²) in [4.78, 5) is 27.6. The van der Waals surface area contributed by atoms with Gasteiger partial charge in [-0.25, -0.2) is 0 Å². The summed E-state index contributed by atoms with van der Waals surface area (Å²) in [5.41, 5.74) is 0.00880. The first-order chi connectivity index (χ1) is 10.8. The predicted molar refractivity (Wildman–Crippen MR) is 93.5 cm³/mol. The molecule has 1 amide bonds. The fraction of sp³-hybridized carbons (Fsp3) is 0.214. The minimum absolute atomic E-state index is 0.321. The van der Waals surface area contributed by atoms with Gasteiger partial charge in [-0.2, -0.15) is 4.98 Å². The normalized spacial score (nSPS) is 12.7. The Bertz CT molecular complexity index is 747. The largest absolute Gasteiger partial charge is 0.328 e. The lowest BCUT2D eigenvalue weighted by molar-refractivity contribution is 0.0917. The summed E-state index contributed by atoms with van der Waals surface area (Å²) in [6, 6.07) is 9.77. The molecule has 23 heavy (non-hydrogen) atoms. The van der Waals surface area contributed by atoms with Crippen LogP contribution in [0.5, 0.6) is 0 Å². The number of hydrogen-bond acceptors (Lipinski definition) is 4. The Balaban J connectivity index is 2.39. The van der Waals surface area contributed by atoms with E-state index in [9.17, 15) is 9.59 Å². The van der Waals surface area contributed by atoms with Gasteiger partial charge < -0.3 is 9.88 Å². The van der Waals surface area contributed by atoms with Gasteiger partial charge in [-0.15, -0.1) is 0 Å². The van der Waals surface area contributed by atoms with Crippen molar-refractivity contribution in [3.05, 3.63) is 58.5 Å². The maximum atomic E-state index is 12.4. The number of aromatic nitrogens is 2. The first kappa shape index (κ1) is 18.1. The lowest BCUT2D eigenvalue weighted by atomic mass is 10.2. The molecule has 122 valence electrons. The van der Waals surface area contributed by atoms with Crippen molar-refractivity contribution in [1.29, 1.82) is 0 Å². The van der Waals surface area contributed by atoms with Gasteiger partial charge in [-0.1, -0.05) is 64.8 Å². The third-order valence-corrected chi connectivity index (χ3v) is 4.17. The molecule has 1 atom stereocenters. The van der Waals surface area contributed by atoms with Crippen molar-refractivity contribution < 1.29 is 4.79 Å². The van der Waals surface area contributed by atoms with E-state index in [0.717, 1.165) is 0 Å². The van der Waals surface area contributed by atoms with Gasteiger partial charge in [0, 0.05) is 17.8 Å². The van der Waals surface area contributed by atoms with Crippen molar-refractivity contribution in [2.24, 2.45) is 0 Å². The quantitative estimate of drug-likeness (QED) is 0.493. The Labute approximate surface area is 152 Å². The fourth-order valence-electron chi connectivity index (χ4n) is 1.85. The third kappa shape index (κ3) is 4.64. The number of halogens is 3. The second-order valence-electron chi connectivity index (χ2n) is 4.44. The molecule has 0 radical (unpaired) electrons. The van der Waals surface area contributed by atoms with E-state index in [4.69, 9.17) is 34.8 Å². The van der Waals surface area contributed by atoms with Crippen LogP contribution in [0.4, 0.5) is 0 Å². The van der Waals surface area contributed by atoms with Crippen LogP contribution in [0.15, 0.2) is 52.5 Å². The summed E-state index contributed by atoms with van der Waals surface area (Å²) in [6.45, 7) is 0. The second kappa shape index (κ2) is 7.57. The van der Waals surface area contributed by atoms with Crippen LogP contribution in [0.25, 0.3) is 0 Å². The zero-order valence-corrected chi connectivity index (χ0v) is 15.0. The summed E-state index contributed by atoms with van der Waals surface area (Å²) in [5, 5.41) is 2.98. The highest BCUT2D eigenvalue weighted by atomic mass is 35.6. The first-order valence-electron chi connectivity index (χ1n) is 6.38. The van der Waals surface area contributed by atoms with E-state index in [-0.39, 0.29) is 0 Å². The number of carbonyl (C=O) groups is 1. The minimum Gasteiger partial charge on any atom is -0.328 e. The van der Waals surface area contributed by atoms with Crippen LogP contribution in [0.1, 0.15) is 16.5 Å². The van der Waals surface area contributed by atoms with Crippen molar-refractivity contribution in [2.45, 2.75) is 15.1 Å². The number of nitrogens with one attached hydrogen (secondary N) is 1. The lowest BCUT2D eigenvalue weighted by Crippen LogP contribution is -2.41. The van der Waals surface area contributed by atoms with Crippen LogP contribution in [-0.2, 0) is 0 Å². The van der Waals surface area contributed by atoms with E-state index >= 15 is 0 Å². The van der Waals surface area contributed by atoms with Gasteiger partial charge in [-0.05, 0) is 18.4 Å². The number of hydrogen-bond donors (Lipinski definition) is 1. The van der Waals surface area contributed by atoms with Crippen LogP contribution in [0.2, 0.25) is 0 Å². The van der Waals surface area contributed by atoms with E-state index in [1.165, 1.54) is 28.6 Å². The minimum atomic E-state index is -1.84. The fourth-order valence-corrected chi connectivity index (χ4v) is 2.89. The van der Waals surface area contributed by atoms with Gasteiger partial charge in [0.05, 0.1) is 0 Å². The monoisotopic (exact) mass is 391 g/mol. The Morgan fingerprint density at radius 1 is 1.26 bits per heavy atom. The summed E-state index contributed by atoms with van der Waals surface area (Å²) >= 11 is 19.2. The molecule has 5 nitrogen and oxygen atoms in total. The van der Waals surface area contributed by atoms with Gasteiger partial charge in [0.1, 0.15) is 0 Å². The van der Waals surface area contributed by atoms with Crippen LogP contribution in [0.3, 0.4) is 0 Å².